The lowest BCUT2D eigenvalue weighted by Gasteiger charge is -2.40. The molecule has 2 aliphatic carbocycles. The van der Waals surface area contributed by atoms with E-state index < -0.39 is 0 Å². The van der Waals surface area contributed by atoms with Crippen molar-refractivity contribution in [3.05, 3.63) is 24.3 Å². The summed E-state index contributed by atoms with van der Waals surface area (Å²) in [5.74, 6) is 1.67. The normalized spacial score (nSPS) is 27.2. The first-order chi connectivity index (χ1) is 16.3. The fourth-order valence-electron chi connectivity index (χ4n) is 6.56. The summed E-state index contributed by atoms with van der Waals surface area (Å²) in [6.45, 7) is 17.5. The number of hydrogen-bond donors (Lipinski definition) is 1. The highest BCUT2D eigenvalue weighted by Gasteiger charge is 2.67. The van der Waals surface area contributed by atoms with Gasteiger partial charge in [-0.15, -0.1) is 0 Å². The molecule has 192 valence electrons. The van der Waals surface area contributed by atoms with Gasteiger partial charge in [-0.05, 0) is 55.8 Å². The fourth-order valence-corrected chi connectivity index (χ4v) is 6.56. The summed E-state index contributed by atoms with van der Waals surface area (Å²) in [4.78, 5) is 15.6. The standard InChI is InChI=1S/C29H48N2O3/c1-7-10-11-12-15-20-33-25-17-14-13-16-24(25)30-27(32)34-26-22(21-31(8-2)9-3)23-18-19-29(26,6)28(23,4)5/h13-14,16-17,22-23,26H,7-12,15,18-21H2,1-6H3,(H,30,32)/t22-,23+,26+,29-/m1/s1. The molecule has 0 unspecified atom stereocenters. The highest BCUT2D eigenvalue weighted by atomic mass is 16.6. The third-order valence-electron chi connectivity index (χ3n) is 9.13. The van der Waals surface area contributed by atoms with Gasteiger partial charge < -0.3 is 14.4 Å². The molecule has 5 nitrogen and oxygen atoms in total. The van der Waals surface area contributed by atoms with Gasteiger partial charge in [-0.3, -0.25) is 5.32 Å². The third kappa shape index (κ3) is 5.56. The molecule has 1 aromatic rings. The monoisotopic (exact) mass is 472 g/mol. The van der Waals surface area contributed by atoms with Crippen LogP contribution in [0, 0.1) is 22.7 Å². The van der Waals surface area contributed by atoms with Gasteiger partial charge in [0, 0.05) is 17.9 Å². The van der Waals surface area contributed by atoms with Crippen molar-refractivity contribution in [3.63, 3.8) is 0 Å². The van der Waals surface area contributed by atoms with Crippen molar-refractivity contribution in [3.8, 4) is 5.75 Å². The molecule has 0 spiro atoms. The van der Waals surface area contributed by atoms with E-state index >= 15 is 0 Å². The van der Waals surface area contributed by atoms with E-state index in [2.05, 4.69) is 51.8 Å². The summed E-state index contributed by atoms with van der Waals surface area (Å²) < 4.78 is 12.3. The van der Waals surface area contributed by atoms with Crippen molar-refractivity contribution >= 4 is 11.8 Å². The average molecular weight is 473 g/mol. The average Bonchev–Trinajstić information content (AvgIpc) is 3.13. The molecule has 2 aliphatic rings. The summed E-state index contributed by atoms with van der Waals surface area (Å²) in [6.07, 6.45) is 7.88. The van der Waals surface area contributed by atoms with E-state index in [4.69, 9.17) is 9.47 Å². The number of nitrogens with zero attached hydrogens (tertiary/aromatic N) is 1. The number of carbonyl (C=O) groups excluding carboxylic acids is 1. The van der Waals surface area contributed by atoms with Crippen LogP contribution in [0.5, 0.6) is 5.75 Å². The van der Waals surface area contributed by atoms with Gasteiger partial charge in [-0.2, -0.15) is 0 Å². The number of hydrogen-bond acceptors (Lipinski definition) is 4. The molecule has 0 heterocycles. The smallest absolute Gasteiger partial charge is 0.412 e. The lowest BCUT2D eigenvalue weighted by molar-refractivity contribution is -0.0258. The number of anilines is 1. The molecule has 0 radical (unpaired) electrons. The van der Waals surface area contributed by atoms with Crippen LogP contribution in [0.4, 0.5) is 10.5 Å². The molecule has 34 heavy (non-hydrogen) atoms. The van der Waals surface area contributed by atoms with Crippen LogP contribution >= 0.6 is 0 Å². The summed E-state index contributed by atoms with van der Waals surface area (Å²) in [7, 11) is 0. The van der Waals surface area contributed by atoms with Crippen LogP contribution in [-0.2, 0) is 4.74 Å². The van der Waals surface area contributed by atoms with Crippen molar-refractivity contribution in [2.75, 3.05) is 31.6 Å². The topological polar surface area (TPSA) is 50.8 Å². The lowest BCUT2D eigenvalue weighted by atomic mass is 9.70. The van der Waals surface area contributed by atoms with E-state index in [1.165, 1.54) is 32.1 Å². The van der Waals surface area contributed by atoms with Crippen LogP contribution < -0.4 is 10.1 Å². The Morgan fingerprint density at radius 3 is 2.47 bits per heavy atom. The van der Waals surface area contributed by atoms with Gasteiger partial charge in [-0.1, -0.05) is 79.4 Å². The Labute approximate surface area is 208 Å². The molecular formula is C29H48N2O3. The van der Waals surface area contributed by atoms with Crippen LogP contribution in [0.3, 0.4) is 0 Å². The molecule has 0 aliphatic heterocycles. The largest absolute Gasteiger partial charge is 0.491 e. The Bertz CT molecular complexity index is 791. The highest BCUT2D eigenvalue weighted by molar-refractivity contribution is 5.86. The van der Waals surface area contributed by atoms with Crippen molar-refractivity contribution in [1.29, 1.82) is 0 Å². The molecule has 0 saturated heterocycles. The number of ether oxygens (including phenoxy) is 2. The maximum absolute atomic E-state index is 13.2. The van der Waals surface area contributed by atoms with Gasteiger partial charge in [0.25, 0.3) is 0 Å². The number of benzene rings is 1. The zero-order chi connectivity index (χ0) is 24.8. The Kier molecular flexibility index (Phi) is 9.31. The van der Waals surface area contributed by atoms with E-state index in [9.17, 15) is 4.79 Å². The molecule has 2 saturated carbocycles. The molecule has 5 heteroatoms. The Morgan fingerprint density at radius 2 is 1.76 bits per heavy atom. The predicted molar refractivity (Wildman–Crippen MR) is 140 cm³/mol. The minimum Gasteiger partial charge on any atom is -0.491 e. The van der Waals surface area contributed by atoms with E-state index in [1.807, 2.05) is 24.3 Å². The van der Waals surface area contributed by atoms with Gasteiger partial charge in [0.15, 0.2) is 0 Å². The second-order valence-corrected chi connectivity index (χ2v) is 11.1. The fraction of sp³-hybridized carbons (Fsp3) is 0.759. The molecule has 1 amide bonds. The van der Waals surface area contributed by atoms with Crippen molar-refractivity contribution in [1.82, 2.24) is 4.90 Å². The van der Waals surface area contributed by atoms with Crippen LogP contribution in [-0.4, -0.2) is 43.3 Å². The van der Waals surface area contributed by atoms with Crippen molar-refractivity contribution in [2.24, 2.45) is 22.7 Å². The van der Waals surface area contributed by atoms with E-state index in [-0.39, 0.29) is 23.0 Å². The predicted octanol–water partition coefficient (Wildman–Crippen LogP) is 7.37. The van der Waals surface area contributed by atoms with Crippen molar-refractivity contribution < 1.29 is 14.3 Å². The molecule has 3 rings (SSSR count). The minimum atomic E-state index is -0.363. The van der Waals surface area contributed by atoms with Crippen LogP contribution in [0.15, 0.2) is 24.3 Å². The molecule has 1 aromatic carbocycles. The summed E-state index contributed by atoms with van der Waals surface area (Å²) in [5, 5.41) is 3.00. The van der Waals surface area contributed by atoms with Gasteiger partial charge in [0.2, 0.25) is 0 Å². The zero-order valence-electron chi connectivity index (χ0n) is 22.5. The quantitative estimate of drug-likeness (QED) is 0.305. The number of nitrogens with one attached hydrogen (secondary N) is 1. The highest BCUT2D eigenvalue weighted by Crippen LogP contribution is 2.68. The van der Waals surface area contributed by atoms with E-state index in [1.54, 1.807) is 0 Å². The number of carbonyl (C=O) groups is 1. The van der Waals surface area contributed by atoms with Gasteiger partial charge in [0.1, 0.15) is 11.9 Å². The van der Waals surface area contributed by atoms with E-state index in [0.717, 1.165) is 32.5 Å². The van der Waals surface area contributed by atoms with Gasteiger partial charge in [-0.25, -0.2) is 4.79 Å². The number of para-hydroxylation sites is 2. The van der Waals surface area contributed by atoms with E-state index in [0.29, 0.717) is 29.9 Å². The van der Waals surface area contributed by atoms with Crippen molar-refractivity contribution in [2.45, 2.75) is 92.6 Å². The Morgan fingerprint density at radius 1 is 1.06 bits per heavy atom. The summed E-state index contributed by atoms with van der Waals surface area (Å²) >= 11 is 0. The zero-order valence-corrected chi connectivity index (χ0v) is 22.5. The molecule has 4 atom stereocenters. The number of rotatable bonds is 13. The van der Waals surface area contributed by atoms with Crippen LogP contribution in [0.25, 0.3) is 0 Å². The maximum Gasteiger partial charge on any atom is 0.412 e. The Hall–Kier alpha value is -1.75. The third-order valence-corrected chi connectivity index (χ3v) is 9.13. The number of unbranched alkanes of at least 4 members (excludes halogenated alkanes) is 4. The molecule has 0 aromatic heterocycles. The number of amides is 1. The Balaban J connectivity index is 1.65. The first-order valence-electron chi connectivity index (χ1n) is 13.7. The first-order valence-corrected chi connectivity index (χ1v) is 13.7. The summed E-state index contributed by atoms with van der Waals surface area (Å²) in [5.41, 5.74) is 0.851. The lowest BCUT2D eigenvalue weighted by Crippen LogP contribution is -2.45. The maximum atomic E-state index is 13.2. The molecular weight excluding hydrogens is 424 g/mol. The second-order valence-electron chi connectivity index (χ2n) is 11.1. The van der Waals surface area contributed by atoms with Gasteiger partial charge in [0.05, 0.1) is 12.3 Å². The summed E-state index contributed by atoms with van der Waals surface area (Å²) in [6, 6.07) is 7.69. The first kappa shape index (κ1) is 26.8. The van der Waals surface area contributed by atoms with Gasteiger partial charge >= 0.3 is 6.09 Å². The van der Waals surface area contributed by atoms with Crippen LogP contribution in [0.2, 0.25) is 0 Å². The molecule has 2 bridgehead atoms. The SMILES string of the molecule is CCCCCCCOc1ccccc1NC(=O)O[C@H]1[C@H](CN(CC)CC)[C@@H]2CC[C@@]1(C)C2(C)C. The molecule has 2 fully saturated rings. The minimum absolute atomic E-state index is 0.00132. The number of fused-ring (bicyclic) bond motifs is 2. The molecule has 1 N–H and O–H groups in total. The second kappa shape index (κ2) is 11.8. The van der Waals surface area contributed by atoms with Crippen LogP contribution in [0.1, 0.15) is 86.5 Å².